The fourth-order valence-corrected chi connectivity index (χ4v) is 2.41. The number of likely N-dealkylation sites (tertiary alicyclic amines) is 1. The van der Waals surface area contributed by atoms with Gasteiger partial charge in [0.2, 0.25) is 5.91 Å². The Morgan fingerprint density at radius 1 is 1.33 bits per heavy atom. The number of aromatic hydroxyl groups is 1. The Labute approximate surface area is 107 Å². The largest absolute Gasteiger partial charge is 0.508 e. The highest BCUT2D eigenvalue weighted by molar-refractivity contribution is 5.78. The number of hydrogen-bond acceptors (Lipinski definition) is 2. The number of amides is 1. The van der Waals surface area contributed by atoms with Gasteiger partial charge in [-0.05, 0) is 36.5 Å². The molecule has 1 heterocycles. The molecule has 1 aliphatic heterocycles. The molecule has 0 radical (unpaired) electrons. The highest BCUT2D eigenvalue weighted by atomic mass is 16.3. The van der Waals surface area contributed by atoms with E-state index < -0.39 is 0 Å². The van der Waals surface area contributed by atoms with Crippen molar-refractivity contribution in [1.29, 1.82) is 0 Å². The van der Waals surface area contributed by atoms with E-state index in [9.17, 15) is 9.90 Å². The molecule has 1 amide bonds. The summed E-state index contributed by atoms with van der Waals surface area (Å²) in [6, 6.07) is 7.34. The molecule has 1 aromatic rings. The monoisotopic (exact) mass is 243 g/mol. The Kier molecular flexibility index (Phi) is 3.88. The van der Waals surface area contributed by atoms with Crippen LogP contribution in [0.3, 0.4) is 0 Å². The Balaban J connectivity index is 1.92. The van der Waals surface area contributed by atoms with Gasteiger partial charge in [0.05, 0.1) is 6.42 Å². The molecule has 1 N–H and O–H groups in total. The second-order valence-corrected chi connectivity index (χ2v) is 4.63. The van der Waals surface area contributed by atoms with E-state index >= 15 is 0 Å². The van der Waals surface area contributed by atoms with Gasteiger partial charge in [-0.15, -0.1) is 6.42 Å². The van der Waals surface area contributed by atoms with Crippen molar-refractivity contribution in [2.24, 2.45) is 0 Å². The first kappa shape index (κ1) is 12.5. The minimum absolute atomic E-state index is 0.0571. The molecule has 18 heavy (non-hydrogen) atoms. The minimum atomic E-state index is 0.0571. The lowest BCUT2D eigenvalue weighted by atomic mass is 9.89. The first-order valence-electron chi connectivity index (χ1n) is 6.21. The third-order valence-electron chi connectivity index (χ3n) is 3.47. The molecule has 1 fully saturated rings. The molecule has 0 unspecified atom stereocenters. The average Bonchev–Trinajstić information content (AvgIpc) is 2.40. The van der Waals surface area contributed by atoms with E-state index in [4.69, 9.17) is 6.42 Å². The van der Waals surface area contributed by atoms with Crippen LogP contribution < -0.4 is 0 Å². The number of terminal acetylenes is 1. The smallest absolute Gasteiger partial charge is 0.234 e. The van der Waals surface area contributed by atoms with E-state index in [0.717, 1.165) is 25.9 Å². The molecule has 0 atom stereocenters. The Hall–Kier alpha value is -1.95. The van der Waals surface area contributed by atoms with Crippen molar-refractivity contribution in [2.45, 2.75) is 25.2 Å². The molecule has 1 saturated heterocycles. The van der Waals surface area contributed by atoms with Crippen molar-refractivity contribution in [3.63, 3.8) is 0 Å². The predicted octanol–water partition coefficient (Wildman–Crippen LogP) is 2.12. The normalized spacial score (nSPS) is 16.3. The lowest BCUT2D eigenvalue weighted by molar-refractivity contribution is -0.131. The molecule has 1 aromatic carbocycles. The molecule has 2 rings (SSSR count). The standard InChI is InChI=1S/C15H17NO2/c1-2-3-15(18)16-10-8-13(9-11-16)12-4-6-14(17)7-5-12/h1,4-7,13,17H,3,8-11H2. The van der Waals surface area contributed by atoms with E-state index in [2.05, 4.69) is 5.92 Å². The van der Waals surface area contributed by atoms with Crippen molar-refractivity contribution in [1.82, 2.24) is 4.90 Å². The molecule has 0 aromatic heterocycles. The van der Waals surface area contributed by atoms with Crippen LogP contribution in [-0.2, 0) is 4.79 Å². The minimum Gasteiger partial charge on any atom is -0.508 e. The molecular weight excluding hydrogens is 226 g/mol. The summed E-state index contributed by atoms with van der Waals surface area (Å²) in [4.78, 5) is 13.5. The highest BCUT2D eigenvalue weighted by Crippen LogP contribution is 2.29. The van der Waals surface area contributed by atoms with Crippen LogP contribution in [0.4, 0.5) is 0 Å². The Morgan fingerprint density at radius 2 is 1.94 bits per heavy atom. The number of phenolic OH excluding ortho intramolecular Hbond substituents is 1. The summed E-state index contributed by atoms with van der Waals surface area (Å²) in [5, 5.41) is 9.26. The van der Waals surface area contributed by atoms with Gasteiger partial charge in [0.1, 0.15) is 5.75 Å². The maximum Gasteiger partial charge on any atom is 0.234 e. The van der Waals surface area contributed by atoms with Gasteiger partial charge >= 0.3 is 0 Å². The van der Waals surface area contributed by atoms with Crippen molar-refractivity contribution < 1.29 is 9.90 Å². The maximum atomic E-state index is 11.6. The first-order chi connectivity index (χ1) is 8.70. The number of nitrogens with zero attached hydrogens (tertiary/aromatic N) is 1. The average molecular weight is 243 g/mol. The van der Waals surface area contributed by atoms with Crippen LogP contribution in [0.25, 0.3) is 0 Å². The van der Waals surface area contributed by atoms with E-state index in [0.29, 0.717) is 11.7 Å². The van der Waals surface area contributed by atoms with E-state index in [1.807, 2.05) is 17.0 Å². The molecule has 3 heteroatoms. The van der Waals surface area contributed by atoms with Gasteiger partial charge in [0, 0.05) is 13.1 Å². The van der Waals surface area contributed by atoms with Gasteiger partial charge in [-0.25, -0.2) is 0 Å². The predicted molar refractivity (Wildman–Crippen MR) is 70.1 cm³/mol. The van der Waals surface area contributed by atoms with E-state index in [-0.39, 0.29) is 12.3 Å². The van der Waals surface area contributed by atoms with Gasteiger partial charge in [-0.2, -0.15) is 0 Å². The summed E-state index contributed by atoms with van der Waals surface area (Å²) in [5.41, 5.74) is 1.23. The summed E-state index contributed by atoms with van der Waals surface area (Å²) >= 11 is 0. The first-order valence-corrected chi connectivity index (χ1v) is 6.21. The molecule has 0 saturated carbocycles. The van der Waals surface area contributed by atoms with Crippen LogP contribution in [-0.4, -0.2) is 29.0 Å². The van der Waals surface area contributed by atoms with Crippen LogP contribution >= 0.6 is 0 Å². The molecule has 1 aliphatic rings. The summed E-state index contributed by atoms with van der Waals surface area (Å²) < 4.78 is 0. The number of carbonyl (C=O) groups is 1. The van der Waals surface area contributed by atoms with Crippen molar-refractivity contribution in [2.75, 3.05) is 13.1 Å². The van der Waals surface area contributed by atoms with E-state index in [1.54, 1.807) is 12.1 Å². The lowest BCUT2D eigenvalue weighted by Crippen LogP contribution is -2.37. The Morgan fingerprint density at radius 3 is 2.50 bits per heavy atom. The zero-order valence-corrected chi connectivity index (χ0v) is 10.3. The van der Waals surface area contributed by atoms with Crippen LogP contribution in [0.15, 0.2) is 24.3 Å². The van der Waals surface area contributed by atoms with Gasteiger partial charge in [0.25, 0.3) is 0 Å². The molecular formula is C15H17NO2. The summed E-state index contributed by atoms with van der Waals surface area (Å²) in [7, 11) is 0. The number of rotatable bonds is 2. The number of carbonyl (C=O) groups excluding carboxylic acids is 1. The summed E-state index contributed by atoms with van der Waals surface area (Å²) in [5.74, 6) is 3.22. The molecule has 0 spiro atoms. The number of benzene rings is 1. The van der Waals surface area contributed by atoms with Crippen molar-refractivity contribution >= 4 is 5.91 Å². The highest BCUT2D eigenvalue weighted by Gasteiger charge is 2.23. The van der Waals surface area contributed by atoms with Gasteiger partial charge < -0.3 is 10.0 Å². The van der Waals surface area contributed by atoms with Gasteiger partial charge in [-0.3, -0.25) is 4.79 Å². The second-order valence-electron chi connectivity index (χ2n) is 4.63. The lowest BCUT2D eigenvalue weighted by Gasteiger charge is -2.32. The third-order valence-corrected chi connectivity index (χ3v) is 3.47. The molecule has 0 bridgehead atoms. The van der Waals surface area contributed by atoms with Gasteiger partial charge in [0.15, 0.2) is 0 Å². The Bertz CT molecular complexity index is 450. The maximum absolute atomic E-state index is 11.6. The molecule has 0 aliphatic carbocycles. The van der Waals surface area contributed by atoms with Gasteiger partial charge in [-0.1, -0.05) is 18.1 Å². The third kappa shape index (κ3) is 2.84. The van der Waals surface area contributed by atoms with Crippen LogP contribution in [0.2, 0.25) is 0 Å². The van der Waals surface area contributed by atoms with Crippen molar-refractivity contribution in [3.8, 4) is 18.1 Å². The number of phenols is 1. The van der Waals surface area contributed by atoms with Crippen LogP contribution in [0.1, 0.15) is 30.7 Å². The zero-order chi connectivity index (χ0) is 13.0. The fourth-order valence-electron chi connectivity index (χ4n) is 2.41. The summed E-state index contributed by atoms with van der Waals surface area (Å²) in [6.07, 6.45) is 7.26. The van der Waals surface area contributed by atoms with Crippen LogP contribution in [0.5, 0.6) is 5.75 Å². The topological polar surface area (TPSA) is 40.5 Å². The fraction of sp³-hybridized carbons (Fsp3) is 0.400. The second kappa shape index (κ2) is 5.59. The number of hydrogen-bond donors (Lipinski definition) is 1. The summed E-state index contributed by atoms with van der Waals surface area (Å²) in [6.45, 7) is 1.54. The molecule has 94 valence electrons. The zero-order valence-electron chi connectivity index (χ0n) is 10.3. The van der Waals surface area contributed by atoms with E-state index in [1.165, 1.54) is 5.56 Å². The number of piperidine rings is 1. The van der Waals surface area contributed by atoms with Crippen molar-refractivity contribution in [3.05, 3.63) is 29.8 Å². The quantitative estimate of drug-likeness (QED) is 0.808. The van der Waals surface area contributed by atoms with Crippen LogP contribution in [0, 0.1) is 12.3 Å². The molecule has 3 nitrogen and oxygen atoms in total. The SMILES string of the molecule is C#CCC(=O)N1CCC(c2ccc(O)cc2)CC1.